The molecule has 2 aromatic carbocycles. The molecule has 5 nitrogen and oxygen atoms in total. The van der Waals surface area contributed by atoms with Crippen LogP contribution in [0.5, 0.6) is 11.5 Å². The molecule has 1 atom stereocenters. The standard InChI is InChI=1S/C27H21BrN2O3S2/c1-2-33-20-13-15(12-19(28)25(20)31)14-22-26(32)30-24(21-8-5-11-34-21)18-10-9-16-6-3-4-7-17(16)23(18)29-27(30)35-22/h3-8,11-14,24,31H,2,9-10H2,1H3. The number of phenolic OH excluding ortho intramolecular Hbond substituents is 1. The van der Waals surface area contributed by atoms with E-state index in [4.69, 9.17) is 9.73 Å². The number of thiazole rings is 1. The molecule has 0 spiro atoms. The fraction of sp³-hybridized carbons (Fsp3) is 0.185. The number of allylic oxidation sites excluding steroid dienone is 1. The van der Waals surface area contributed by atoms with Crippen molar-refractivity contribution >= 4 is 50.4 Å². The van der Waals surface area contributed by atoms with Gasteiger partial charge in [0.15, 0.2) is 16.3 Å². The minimum Gasteiger partial charge on any atom is -0.503 e. The van der Waals surface area contributed by atoms with Gasteiger partial charge in [-0.05, 0) is 82.1 Å². The van der Waals surface area contributed by atoms with Crippen LogP contribution in [0, 0.1) is 0 Å². The number of benzene rings is 2. The Morgan fingerprint density at radius 1 is 1.23 bits per heavy atom. The highest BCUT2D eigenvalue weighted by Crippen LogP contribution is 2.42. The van der Waals surface area contributed by atoms with Crippen molar-refractivity contribution in [1.29, 1.82) is 0 Å². The van der Waals surface area contributed by atoms with E-state index in [0.29, 0.717) is 26.2 Å². The van der Waals surface area contributed by atoms with Crippen LogP contribution in [-0.4, -0.2) is 16.3 Å². The van der Waals surface area contributed by atoms with Crippen LogP contribution in [-0.2, 0) is 6.42 Å². The van der Waals surface area contributed by atoms with E-state index in [9.17, 15) is 9.90 Å². The lowest BCUT2D eigenvalue weighted by atomic mass is 9.85. The van der Waals surface area contributed by atoms with Gasteiger partial charge in [0.1, 0.15) is 0 Å². The largest absolute Gasteiger partial charge is 0.503 e. The minimum atomic E-state index is -0.151. The first kappa shape index (κ1) is 22.5. The highest BCUT2D eigenvalue weighted by molar-refractivity contribution is 9.10. The van der Waals surface area contributed by atoms with E-state index in [1.807, 2.05) is 23.6 Å². The van der Waals surface area contributed by atoms with E-state index in [1.54, 1.807) is 23.5 Å². The van der Waals surface area contributed by atoms with Gasteiger partial charge < -0.3 is 9.84 Å². The number of nitrogens with zero attached hydrogens (tertiary/aromatic N) is 2. The van der Waals surface area contributed by atoms with Gasteiger partial charge in [-0.3, -0.25) is 9.36 Å². The molecule has 8 heteroatoms. The molecule has 1 N–H and O–H groups in total. The second-order valence-electron chi connectivity index (χ2n) is 8.41. The molecule has 0 radical (unpaired) electrons. The highest BCUT2D eigenvalue weighted by atomic mass is 79.9. The van der Waals surface area contributed by atoms with E-state index >= 15 is 0 Å². The third kappa shape index (κ3) is 3.80. The lowest BCUT2D eigenvalue weighted by Crippen LogP contribution is -2.38. The van der Waals surface area contributed by atoms with Gasteiger partial charge >= 0.3 is 0 Å². The molecule has 0 fully saturated rings. The molecule has 0 bridgehead atoms. The van der Waals surface area contributed by atoms with Crippen molar-refractivity contribution in [2.45, 2.75) is 25.8 Å². The lowest BCUT2D eigenvalue weighted by molar-refractivity contribution is 0.317. The summed E-state index contributed by atoms with van der Waals surface area (Å²) in [4.78, 5) is 20.7. The molecular formula is C27H21BrN2O3S2. The van der Waals surface area contributed by atoms with Crippen LogP contribution >= 0.6 is 38.6 Å². The van der Waals surface area contributed by atoms with Crippen LogP contribution in [0.4, 0.5) is 0 Å². The van der Waals surface area contributed by atoms with Gasteiger partial charge in [-0.1, -0.05) is 41.7 Å². The zero-order valence-electron chi connectivity index (χ0n) is 18.8. The third-order valence-electron chi connectivity index (χ3n) is 6.33. The predicted octanol–water partition coefficient (Wildman–Crippen LogP) is 5.25. The Morgan fingerprint density at radius 3 is 2.89 bits per heavy atom. The molecule has 1 aliphatic carbocycles. The van der Waals surface area contributed by atoms with Crippen molar-refractivity contribution < 1.29 is 9.84 Å². The van der Waals surface area contributed by atoms with Crippen molar-refractivity contribution in [3.05, 3.63) is 105 Å². The number of rotatable bonds is 4. The predicted molar refractivity (Wildman–Crippen MR) is 144 cm³/mol. The number of hydrogen-bond donors (Lipinski definition) is 1. The summed E-state index contributed by atoms with van der Waals surface area (Å²) in [5.74, 6) is 0.430. The number of fused-ring (bicyclic) bond motifs is 3. The molecular weight excluding hydrogens is 544 g/mol. The fourth-order valence-electron chi connectivity index (χ4n) is 4.81. The van der Waals surface area contributed by atoms with Gasteiger partial charge in [0.25, 0.3) is 5.56 Å². The molecule has 35 heavy (non-hydrogen) atoms. The lowest BCUT2D eigenvalue weighted by Gasteiger charge is -2.30. The van der Waals surface area contributed by atoms with E-state index < -0.39 is 0 Å². The van der Waals surface area contributed by atoms with Crippen molar-refractivity contribution in [3.63, 3.8) is 0 Å². The Kier molecular flexibility index (Phi) is 5.75. The summed E-state index contributed by atoms with van der Waals surface area (Å²) in [5, 5.41) is 12.3. The van der Waals surface area contributed by atoms with Crippen LogP contribution in [0.2, 0.25) is 0 Å². The van der Waals surface area contributed by atoms with Crippen LogP contribution in [0.15, 0.2) is 73.7 Å². The molecule has 0 saturated heterocycles. The number of phenols is 1. The molecule has 0 amide bonds. The number of aryl methyl sites for hydroxylation is 1. The Bertz CT molecular complexity index is 1670. The summed E-state index contributed by atoms with van der Waals surface area (Å²) in [6.07, 6.45) is 3.67. The molecule has 1 unspecified atom stereocenters. The number of thiophene rings is 1. The Morgan fingerprint density at radius 2 is 2.09 bits per heavy atom. The van der Waals surface area contributed by atoms with E-state index in [0.717, 1.165) is 34.5 Å². The number of hydrogen-bond acceptors (Lipinski definition) is 6. The normalized spacial score (nSPS) is 17.0. The Hall–Kier alpha value is -2.94. The SMILES string of the molecule is CCOc1cc(C=c2sc3n(c2=O)C(c2cccs2)C2=C(N=3)c3ccccc3CC2)cc(Br)c1O. The topological polar surface area (TPSA) is 63.8 Å². The number of halogens is 1. The second kappa shape index (κ2) is 8.93. The summed E-state index contributed by atoms with van der Waals surface area (Å²) in [6.45, 7) is 2.29. The second-order valence-corrected chi connectivity index (χ2v) is 11.3. The first-order chi connectivity index (χ1) is 17.0. The summed E-state index contributed by atoms with van der Waals surface area (Å²) >= 11 is 6.46. The molecule has 0 saturated carbocycles. The molecule has 1 aliphatic heterocycles. The zero-order chi connectivity index (χ0) is 24.1. The van der Waals surface area contributed by atoms with Crippen LogP contribution in [0.3, 0.4) is 0 Å². The van der Waals surface area contributed by atoms with Gasteiger partial charge in [-0.15, -0.1) is 11.3 Å². The summed E-state index contributed by atoms with van der Waals surface area (Å²) in [7, 11) is 0. The minimum absolute atomic E-state index is 0.0505. The average molecular weight is 566 g/mol. The average Bonchev–Trinajstić information content (AvgIpc) is 3.50. The van der Waals surface area contributed by atoms with Gasteiger partial charge in [0.05, 0.1) is 27.4 Å². The van der Waals surface area contributed by atoms with Crippen LogP contribution in [0.1, 0.15) is 41.0 Å². The summed E-state index contributed by atoms with van der Waals surface area (Å²) in [5.41, 5.74) is 5.39. The maximum Gasteiger partial charge on any atom is 0.271 e. The highest BCUT2D eigenvalue weighted by Gasteiger charge is 2.33. The molecule has 2 aliphatic rings. The quantitative estimate of drug-likeness (QED) is 0.368. The summed E-state index contributed by atoms with van der Waals surface area (Å²) < 4.78 is 8.54. The van der Waals surface area contributed by atoms with Gasteiger partial charge in [0, 0.05) is 10.4 Å². The van der Waals surface area contributed by atoms with Crippen LogP contribution in [0.25, 0.3) is 11.8 Å². The monoisotopic (exact) mass is 564 g/mol. The van der Waals surface area contributed by atoms with Gasteiger partial charge in [-0.25, -0.2) is 4.99 Å². The number of aromatic nitrogens is 1. The zero-order valence-corrected chi connectivity index (χ0v) is 22.0. The van der Waals surface area contributed by atoms with Crippen molar-refractivity contribution in [1.82, 2.24) is 4.57 Å². The van der Waals surface area contributed by atoms with Crippen molar-refractivity contribution in [2.75, 3.05) is 6.61 Å². The maximum atomic E-state index is 13.8. The molecule has 3 heterocycles. The van der Waals surface area contributed by atoms with E-state index in [1.165, 1.54) is 22.5 Å². The number of aromatic hydroxyl groups is 1. The first-order valence-corrected chi connectivity index (χ1v) is 13.9. The fourth-order valence-corrected chi connectivity index (χ4v) is 7.12. The molecule has 6 rings (SSSR count). The smallest absolute Gasteiger partial charge is 0.271 e. The maximum absolute atomic E-state index is 13.8. The van der Waals surface area contributed by atoms with Gasteiger partial charge in [-0.2, -0.15) is 0 Å². The van der Waals surface area contributed by atoms with Crippen molar-refractivity contribution in [3.8, 4) is 11.5 Å². The Balaban J connectivity index is 1.58. The third-order valence-corrected chi connectivity index (χ3v) is 8.85. The summed E-state index contributed by atoms with van der Waals surface area (Å²) in [6, 6.07) is 16.0. The molecule has 2 aromatic heterocycles. The Labute approximate surface area is 218 Å². The molecule has 4 aromatic rings. The van der Waals surface area contributed by atoms with Gasteiger partial charge in [0.2, 0.25) is 0 Å². The van der Waals surface area contributed by atoms with Crippen LogP contribution < -0.4 is 19.6 Å². The first-order valence-electron chi connectivity index (χ1n) is 11.4. The van der Waals surface area contributed by atoms with Crippen molar-refractivity contribution in [2.24, 2.45) is 4.99 Å². The van der Waals surface area contributed by atoms with E-state index in [-0.39, 0.29) is 17.4 Å². The molecule has 176 valence electrons. The number of ether oxygens (including phenoxy) is 1. The van der Waals surface area contributed by atoms with E-state index in [2.05, 4.69) is 51.6 Å².